The summed E-state index contributed by atoms with van der Waals surface area (Å²) >= 11 is 0. The zero-order valence-corrected chi connectivity index (χ0v) is 61.1. The molecule has 0 aliphatic carbocycles. The Labute approximate surface area is 564 Å². The van der Waals surface area contributed by atoms with E-state index in [4.69, 9.17) is 4.74 Å². The van der Waals surface area contributed by atoms with Gasteiger partial charge < -0.3 is 20.3 Å². The minimum atomic E-state index is -0.665. The van der Waals surface area contributed by atoms with Crippen molar-refractivity contribution >= 4 is 11.9 Å². The second kappa shape index (κ2) is 79.5. The van der Waals surface area contributed by atoms with Gasteiger partial charge in [-0.05, 0) is 83.5 Å². The summed E-state index contributed by atoms with van der Waals surface area (Å²) in [6.45, 7) is 4.98. The first-order valence-corrected chi connectivity index (χ1v) is 41.2. The molecule has 0 aliphatic rings. The average Bonchev–Trinajstić information content (AvgIpc) is 3.71. The summed E-state index contributed by atoms with van der Waals surface area (Å²) in [6, 6.07) is -0.541. The van der Waals surface area contributed by atoms with E-state index < -0.39 is 12.1 Å². The first-order chi connectivity index (χ1) is 44.5. The Hall–Kier alpha value is -1.92. The Morgan fingerprint density at radius 3 is 0.867 bits per heavy atom. The third kappa shape index (κ3) is 75.1. The first-order valence-electron chi connectivity index (χ1n) is 41.2. The van der Waals surface area contributed by atoms with E-state index in [-0.39, 0.29) is 18.5 Å². The van der Waals surface area contributed by atoms with Gasteiger partial charge in [0.25, 0.3) is 0 Å². The highest BCUT2D eigenvalue weighted by molar-refractivity contribution is 5.76. The van der Waals surface area contributed by atoms with E-state index in [9.17, 15) is 19.8 Å². The Bertz CT molecular complexity index is 1460. The van der Waals surface area contributed by atoms with Gasteiger partial charge in [0.15, 0.2) is 0 Å². The second-order valence-electron chi connectivity index (χ2n) is 28.5. The maximum Gasteiger partial charge on any atom is 0.305 e. The fourth-order valence-electron chi connectivity index (χ4n) is 13.1. The molecule has 0 spiro atoms. The predicted octanol–water partition coefficient (Wildman–Crippen LogP) is 27.4. The van der Waals surface area contributed by atoms with E-state index in [0.717, 1.165) is 51.4 Å². The van der Waals surface area contributed by atoms with Crippen LogP contribution in [-0.2, 0) is 14.3 Å². The molecule has 0 fully saturated rings. The third-order valence-corrected chi connectivity index (χ3v) is 19.4. The summed E-state index contributed by atoms with van der Waals surface area (Å²) in [5.41, 5.74) is 0. The van der Waals surface area contributed by atoms with Crippen LogP contribution in [0.5, 0.6) is 0 Å². The summed E-state index contributed by atoms with van der Waals surface area (Å²) in [7, 11) is 0. The Kier molecular flexibility index (Phi) is 77.8. The molecule has 0 saturated carbocycles. The SMILES string of the molecule is CCCCCC/C=C\C/C=C\CCCCCCCC(=O)OCCCCCCCCCCCCCC/C=C\CCCCCCCCCCCCCCCCCCC(=O)NC(CO)C(O)CCCCCCCCCCCCCCCCCCCCCCCCCCC. The van der Waals surface area contributed by atoms with Gasteiger partial charge in [0.2, 0.25) is 5.91 Å². The average molecular weight is 1270 g/mol. The van der Waals surface area contributed by atoms with Crippen LogP contribution in [0.1, 0.15) is 463 Å². The van der Waals surface area contributed by atoms with Crippen LogP contribution in [0.25, 0.3) is 0 Å². The van der Waals surface area contributed by atoms with Crippen LogP contribution in [0.2, 0.25) is 0 Å². The van der Waals surface area contributed by atoms with E-state index in [1.165, 1.54) is 379 Å². The molecule has 2 unspecified atom stereocenters. The number of aliphatic hydroxyl groups excluding tert-OH is 2. The van der Waals surface area contributed by atoms with Gasteiger partial charge in [-0.25, -0.2) is 0 Å². The van der Waals surface area contributed by atoms with Crippen LogP contribution in [0.15, 0.2) is 36.5 Å². The van der Waals surface area contributed by atoms with Crippen molar-refractivity contribution in [2.45, 2.75) is 475 Å². The fourth-order valence-corrected chi connectivity index (χ4v) is 13.1. The lowest BCUT2D eigenvalue weighted by atomic mass is 10.0. The number of nitrogens with one attached hydrogen (secondary N) is 1. The number of unbranched alkanes of at least 4 members (excludes halogenated alkanes) is 61. The molecule has 90 heavy (non-hydrogen) atoms. The highest BCUT2D eigenvalue weighted by Crippen LogP contribution is 2.20. The quantitative estimate of drug-likeness (QED) is 0.0320. The zero-order valence-electron chi connectivity index (χ0n) is 61.1. The van der Waals surface area contributed by atoms with Gasteiger partial charge in [-0.15, -0.1) is 0 Å². The number of hydrogen-bond donors (Lipinski definition) is 3. The Morgan fingerprint density at radius 2 is 0.556 bits per heavy atom. The van der Waals surface area contributed by atoms with E-state index in [1.54, 1.807) is 0 Å². The van der Waals surface area contributed by atoms with Crippen molar-refractivity contribution in [3.8, 4) is 0 Å². The lowest BCUT2D eigenvalue weighted by Crippen LogP contribution is -2.45. The van der Waals surface area contributed by atoms with Crippen LogP contribution >= 0.6 is 0 Å². The topological polar surface area (TPSA) is 95.9 Å². The molecule has 0 rings (SSSR count). The second-order valence-corrected chi connectivity index (χ2v) is 28.5. The number of carbonyl (C=O) groups excluding carboxylic acids is 2. The Morgan fingerprint density at radius 1 is 0.311 bits per heavy atom. The molecule has 0 heterocycles. The van der Waals surface area contributed by atoms with Crippen LogP contribution < -0.4 is 5.32 Å². The van der Waals surface area contributed by atoms with Gasteiger partial charge in [-0.3, -0.25) is 9.59 Å². The number of allylic oxidation sites excluding steroid dienone is 6. The largest absolute Gasteiger partial charge is 0.466 e. The molecule has 0 aromatic heterocycles. The van der Waals surface area contributed by atoms with E-state index in [0.29, 0.717) is 25.9 Å². The summed E-state index contributed by atoms with van der Waals surface area (Å²) in [5, 5.41) is 23.5. The molecular weight excluding hydrogens is 1100 g/mol. The van der Waals surface area contributed by atoms with Gasteiger partial charge in [0.05, 0.1) is 25.4 Å². The molecule has 0 aromatic carbocycles. The smallest absolute Gasteiger partial charge is 0.305 e. The van der Waals surface area contributed by atoms with Gasteiger partial charge in [0, 0.05) is 12.8 Å². The number of rotatable bonds is 78. The van der Waals surface area contributed by atoms with E-state index in [1.807, 2.05) is 0 Å². The maximum atomic E-state index is 12.6. The molecule has 0 radical (unpaired) electrons. The maximum absolute atomic E-state index is 12.6. The minimum Gasteiger partial charge on any atom is -0.466 e. The molecule has 3 N–H and O–H groups in total. The van der Waals surface area contributed by atoms with E-state index >= 15 is 0 Å². The van der Waals surface area contributed by atoms with Gasteiger partial charge in [-0.1, -0.05) is 403 Å². The van der Waals surface area contributed by atoms with Crippen molar-refractivity contribution in [1.82, 2.24) is 5.32 Å². The summed E-state index contributed by atoms with van der Waals surface area (Å²) < 4.78 is 5.50. The van der Waals surface area contributed by atoms with E-state index in [2.05, 4.69) is 55.6 Å². The molecule has 532 valence electrons. The Balaban J connectivity index is 3.36. The predicted molar refractivity (Wildman–Crippen MR) is 398 cm³/mol. The van der Waals surface area contributed by atoms with Crippen LogP contribution in [0.3, 0.4) is 0 Å². The molecule has 0 saturated heterocycles. The van der Waals surface area contributed by atoms with Gasteiger partial charge in [0.1, 0.15) is 0 Å². The summed E-state index contributed by atoms with van der Waals surface area (Å²) in [5.74, 6) is -0.0211. The van der Waals surface area contributed by atoms with Crippen molar-refractivity contribution in [1.29, 1.82) is 0 Å². The van der Waals surface area contributed by atoms with Crippen molar-refractivity contribution in [3.05, 3.63) is 36.5 Å². The van der Waals surface area contributed by atoms with Crippen LogP contribution in [0, 0.1) is 0 Å². The molecule has 0 bridgehead atoms. The lowest BCUT2D eigenvalue weighted by Gasteiger charge is -2.22. The number of carbonyl (C=O) groups is 2. The number of amides is 1. The number of hydrogen-bond acceptors (Lipinski definition) is 5. The number of ether oxygens (including phenoxy) is 1. The van der Waals surface area contributed by atoms with Crippen LogP contribution in [-0.4, -0.2) is 47.4 Å². The van der Waals surface area contributed by atoms with Gasteiger partial charge >= 0.3 is 5.97 Å². The summed E-state index contributed by atoms with van der Waals surface area (Å²) in [6.07, 6.45) is 104. The minimum absolute atomic E-state index is 0.00558. The molecule has 2 atom stereocenters. The van der Waals surface area contributed by atoms with Crippen molar-refractivity contribution in [2.75, 3.05) is 13.2 Å². The zero-order chi connectivity index (χ0) is 64.9. The molecule has 1 amide bonds. The van der Waals surface area contributed by atoms with Crippen LogP contribution in [0.4, 0.5) is 0 Å². The third-order valence-electron chi connectivity index (χ3n) is 19.4. The van der Waals surface area contributed by atoms with Gasteiger partial charge in [-0.2, -0.15) is 0 Å². The van der Waals surface area contributed by atoms with Crippen molar-refractivity contribution < 1.29 is 24.5 Å². The molecule has 0 aliphatic heterocycles. The highest BCUT2D eigenvalue weighted by atomic mass is 16.5. The first kappa shape index (κ1) is 88.1. The molecule has 6 nitrogen and oxygen atoms in total. The molecule has 0 aromatic rings. The van der Waals surface area contributed by atoms with Crippen molar-refractivity contribution in [2.24, 2.45) is 0 Å². The lowest BCUT2D eigenvalue weighted by molar-refractivity contribution is -0.143. The molecule has 6 heteroatoms. The standard InChI is InChI=1S/C84H161NO5/c1-3-5-7-9-11-13-15-17-19-21-22-23-24-33-36-39-42-45-48-52-56-60-64-68-72-76-82(87)81(80-86)85-83(88)77-73-69-65-61-57-53-49-46-43-40-37-34-31-29-27-25-26-28-30-32-35-38-41-44-47-51-55-59-63-67-71-75-79-90-84(89)78-74-70-66-62-58-54-50-20-18-16-14-12-10-8-6-4-2/h14,16,20,28,30,50,81-82,86-87H,3-13,15,17-19,21-27,29,31-49,51-80H2,1-2H3,(H,85,88)/b16-14-,30-28-,50-20-. The van der Waals surface area contributed by atoms with Crippen molar-refractivity contribution in [3.63, 3.8) is 0 Å². The number of esters is 1. The number of aliphatic hydroxyl groups is 2. The molecular formula is C84H161NO5. The fraction of sp³-hybridized carbons (Fsp3) is 0.905. The monoisotopic (exact) mass is 1260 g/mol. The normalized spacial score (nSPS) is 12.6. The summed E-state index contributed by atoms with van der Waals surface area (Å²) in [4.78, 5) is 24.7. The highest BCUT2D eigenvalue weighted by Gasteiger charge is 2.20.